The molecule has 1 aliphatic rings. The molecule has 1 fully saturated rings. The number of pyridine rings is 1. The van der Waals surface area contributed by atoms with Gasteiger partial charge in [0.1, 0.15) is 17.6 Å². The van der Waals surface area contributed by atoms with E-state index in [-0.39, 0.29) is 41.1 Å². The van der Waals surface area contributed by atoms with Gasteiger partial charge in [0.05, 0.1) is 23.7 Å². The molecule has 3 aromatic heterocycles. The zero-order valence-electron chi connectivity index (χ0n) is 26.4. The fraction of sp³-hybridized carbons (Fsp3) is 0.257. The van der Waals surface area contributed by atoms with Crippen molar-refractivity contribution in [3.05, 3.63) is 103 Å². The molecule has 0 spiro atoms. The number of halogens is 3. The van der Waals surface area contributed by atoms with Crippen molar-refractivity contribution in [1.29, 1.82) is 5.26 Å². The number of nitrogens with one attached hydrogen (secondary N) is 2. The van der Waals surface area contributed by atoms with Crippen LogP contribution >= 0.6 is 0 Å². The molecule has 0 saturated heterocycles. The minimum Gasteiger partial charge on any atom is -0.406 e. The second-order valence-corrected chi connectivity index (χ2v) is 11.6. The molecule has 11 nitrogen and oxygen atoms in total. The molecule has 1 saturated carbocycles. The Kier molecular flexibility index (Phi) is 9.70. The molecule has 6 rings (SSSR count). The van der Waals surface area contributed by atoms with E-state index in [1.807, 2.05) is 61.8 Å². The number of amides is 2. The normalized spacial score (nSPS) is 16.0. The lowest BCUT2D eigenvalue weighted by molar-refractivity contribution is -0.274. The van der Waals surface area contributed by atoms with Crippen molar-refractivity contribution in [2.24, 2.45) is 7.05 Å². The van der Waals surface area contributed by atoms with Gasteiger partial charge in [-0.15, -0.1) is 13.2 Å². The monoisotopic (exact) mass is 667 g/mol. The maximum absolute atomic E-state index is 13.7. The minimum atomic E-state index is -4.81. The number of urea groups is 1. The van der Waals surface area contributed by atoms with Gasteiger partial charge in [0.2, 0.25) is 5.95 Å². The van der Waals surface area contributed by atoms with E-state index in [0.717, 1.165) is 16.7 Å². The first-order chi connectivity index (χ1) is 23.6. The summed E-state index contributed by atoms with van der Waals surface area (Å²) in [6, 6.07) is 20.3. The lowest BCUT2D eigenvalue weighted by Crippen LogP contribution is -2.49. The van der Waals surface area contributed by atoms with Crippen LogP contribution in [0.25, 0.3) is 22.4 Å². The van der Waals surface area contributed by atoms with E-state index >= 15 is 0 Å². The van der Waals surface area contributed by atoms with Gasteiger partial charge in [-0.05, 0) is 67.6 Å². The van der Waals surface area contributed by atoms with Crippen molar-refractivity contribution in [3.63, 3.8) is 0 Å². The quantitative estimate of drug-likeness (QED) is 0.174. The van der Waals surface area contributed by atoms with Crippen LogP contribution in [0, 0.1) is 11.3 Å². The molecule has 0 bridgehead atoms. The average molecular weight is 668 g/mol. The van der Waals surface area contributed by atoms with Crippen LogP contribution in [0.3, 0.4) is 0 Å². The number of hydrogen-bond acceptors (Lipinski definition) is 8. The lowest BCUT2D eigenvalue weighted by atomic mass is 9.90. The molecule has 2 amide bonds. The van der Waals surface area contributed by atoms with Gasteiger partial charge in [0, 0.05) is 54.8 Å². The van der Waals surface area contributed by atoms with Gasteiger partial charge in [-0.3, -0.25) is 9.58 Å². The Morgan fingerprint density at radius 1 is 0.959 bits per heavy atom. The molecule has 250 valence electrons. The second-order valence-electron chi connectivity index (χ2n) is 11.6. The number of aryl methyl sites for hydroxylation is 1. The topological polar surface area (TPSA) is 134 Å². The Morgan fingerprint density at radius 2 is 1.69 bits per heavy atom. The Bertz CT molecular complexity index is 1920. The van der Waals surface area contributed by atoms with E-state index in [1.165, 1.54) is 30.5 Å². The molecule has 2 aromatic carbocycles. The first kappa shape index (κ1) is 33.0. The third-order valence-corrected chi connectivity index (χ3v) is 8.20. The van der Waals surface area contributed by atoms with Crippen molar-refractivity contribution in [2.75, 3.05) is 10.2 Å². The summed E-state index contributed by atoms with van der Waals surface area (Å²) in [7, 11) is 1.85. The minimum absolute atomic E-state index is 0.0188. The molecule has 0 atom stereocenters. The second kappa shape index (κ2) is 14.4. The molecule has 1 aliphatic carbocycles. The number of ether oxygens (including phenoxy) is 1. The van der Waals surface area contributed by atoms with Crippen molar-refractivity contribution in [2.45, 2.75) is 50.7 Å². The van der Waals surface area contributed by atoms with Crippen molar-refractivity contribution >= 4 is 17.8 Å². The predicted octanol–water partition coefficient (Wildman–Crippen LogP) is 6.85. The van der Waals surface area contributed by atoms with Gasteiger partial charge < -0.3 is 15.4 Å². The van der Waals surface area contributed by atoms with Crippen LogP contribution in [0.1, 0.15) is 36.8 Å². The number of carbonyl (C=O) groups excluding carboxylic acids is 1. The Labute approximate surface area is 280 Å². The summed E-state index contributed by atoms with van der Waals surface area (Å²) in [5.41, 5.74) is 3.71. The zero-order chi connectivity index (χ0) is 34.4. The summed E-state index contributed by atoms with van der Waals surface area (Å²) in [4.78, 5) is 29.0. The third-order valence-electron chi connectivity index (χ3n) is 8.20. The first-order valence-electron chi connectivity index (χ1n) is 15.6. The van der Waals surface area contributed by atoms with Crippen molar-refractivity contribution in [3.8, 4) is 34.2 Å². The number of aromatic nitrogens is 5. The number of nitrogens with zero attached hydrogens (tertiary/aromatic N) is 7. The molecule has 14 heteroatoms. The van der Waals surface area contributed by atoms with Crippen LogP contribution in [0.15, 0.2) is 91.5 Å². The molecule has 3 heterocycles. The Balaban J connectivity index is 1.15. The molecule has 0 radical (unpaired) electrons. The highest BCUT2D eigenvalue weighted by Crippen LogP contribution is 2.31. The fourth-order valence-corrected chi connectivity index (χ4v) is 5.81. The van der Waals surface area contributed by atoms with E-state index in [1.54, 1.807) is 22.0 Å². The number of carbonyl (C=O) groups is 1. The van der Waals surface area contributed by atoms with Gasteiger partial charge in [-0.1, -0.05) is 30.3 Å². The average Bonchev–Trinajstić information content (AvgIpc) is 3.54. The van der Waals surface area contributed by atoms with E-state index in [0.29, 0.717) is 43.6 Å². The van der Waals surface area contributed by atoms with E-state index < -0.39 is 6.36 Å². The third kappa shape index (κ3) is 8.31. The highest BCUT2D eigenvalue weighted by atomic mass is 19.4. The van der Waals surface area contributed by atoms with Crippen LogP contribution in [0.4, 0.5) is 29.7 Å². The summed E-state index contributed by atoms with van der Waals surface area (Å²) in [5.74, 6) is 0.459. The number of benzene rings is 2. The van der Waals surface area contributed by atoms with Crippen LogP contribution in [0.2, 0.25) is 0 Å². The maximum Gasteiger partial charge on any atom is 0.573 e. The standard InChI is InChI=1S/C35H32F3N9O2/c1-46-22-27(21-43-46)25-9-16-31(40-19-25)47(34(48)42-18-23-5-3-2-4-6-23)29-12-10-28(11-13-29)44-33-41-20-26(17-39)32(45-33)24-7-14-30(15-8-24)49-35(36,37)38/h2-9,14-16,19-22,28-29H,10-13,18H2,1H3,(H,42,48)(H,41,44,45)/t28-,29-. The Morgan fingerprint density at radius 3 is 2.33 bits per heavy atom. The molecule has 0 aliphatic heterocycles. The highest BCUT2D eigenvalue weighted by molar-refractivity contribution is 5.91. The van der Waals surface area contributed by atoms with Gasteiger partial charge in [0.15, 0.2) is 0 Å². The fourth-order valence-electron chi connectivity index (χ4n) is 5.81. The number of anilines is 2. The van der Waals surface area contributed by atoms with Crippen LogP contribution in [-0.4, -0.2) is 49.2 Å². The predicted molar refractivity (Wildman–Crippen MR) is 176 cm³/mol. The molecule has 5 aromatic rings. The Hall–Kier alpha value is -5.97. The summed E-state index contributed by atoms with van der Waals surface area (Å²) in [6.07, 6.45) is 4.72. The zero-order valence-corrected chi connectivity index (χ0v) is 26.4. The van der Waals surface area contributed by atoms with Gasteiger partial charge in [-0.25, -0.2) is 19.7 Å². The van der Waals surface area contributed by atoms with Gasteiger partial charge in [-0.2, -0.15) is 10.4 Å². The number of rotatable bonds is 9. The molecule has 0 unspecified atom stereocenters. The molecular weight excluding hydrogens is 635 g/mol. The molecule has 2 N–H and O–H groups in total. The summed E-state index contributed by atoms with van der Waals surface area (Å²) < 4.78 is 43.5. The number of hydrogen-bond donors (Lipinski definition) is 2. The number of nitriles is 1. The molecule has 49 heavy (non-hydrogen) atoms. The largest absolute Gasteiger partial charge is 0.573 e. The smallest absolute Gasteiger partial charge is 0.406 e. The van der Waals surface area contributed by atoms with E-state index in [4.69, 9.17) is 0 Å². The first-order valence-corrected chi connectivity index (χ1v) is 15.6. The summed E-state index contributed by atoms with van der Waals surface area (Å²) in [5, 5.41) is 20.2. The van der Waals surface area contributed by atoms with Gasteiger partial charge >= 0.3 is 12.4 Å². The van der Waals surface area contributed by atoms with Crippen molar-refractivity contribution in [1.82, 2.24) is 30.0 Å². The van der Waals surface area contributed by atoms with Crippen LogP contribution < -0.4 is 20.3 Å². The van der Waals surface area contributed by atoms with Crippen LogP contribution in [0.5, 0.6) is 5.75 Å². The van der Waals surface area contributed by atoms with E-state index in [9.17, 15) is 23.2 Å². The lowest BCUT2D eigenvalue weighted by Gasteiger charge is -2.36. The number of alkyl halides is 3. The maximum atomic E-state index is 13.7. The van der Waals surface area contributed by atoms with Crippen molar-refractivity contribution < 1.29 is 22.7 Å². The van der Waals surface area contributed by atoms with Crippen LogP contribution in [-0.2, 0) is 13.6 Å². The van der Waals surface area contributed by atoms with E-state index in [2.05, 4.69) is 35.4 Å². The highest BCUT2D eigenvalue weighted by Gasteiger charge is 2.32. The summed E-state index contributed by atoms with van der Waals surface area (Å²) in [6.45, 7) is 0.372. The SMILES string of the molecule is Cn1cc(-c2ccc(N(C(=O)NCc3ccccc3)[C@H]3CC[C@H](Nc4ncc(C#N)c(-c5ccc(OC(F)(F)F)cc5)n4)CC3)nc2)cn1. The molecular formula is C35H32F3N9O2. The van der Waals surface area contributed by atoms with Gasteiger partial charge in [0.25, 0.3) is 0 Å². The summed E-state index contributed by atoms with van der Waals surface area (Å²) >= 11 is 0.